The molecule has 1 heterocycles. The van der Waals surface area contributed by atoms with Crippen molar-refractivity contribution in [2.75, 3.05) is 0 Å². The zero-order valence-electron chi connectivity index (χ0n) is 8.67. The molecule has 0 saturated carbocycles. The highest BCUT2D eigenvalue weighted by Gasteiger charge is 2.59. The van der Waals surface area contributed by atoms with Crippen LogP contribution in [-0.4, -0.2) is 33.7 Å². The molecule has 1 aliphatic rings. The SMILES string of the molecule is CCC1N=NC(C(=O)O)(C(=O)O)C1CC. The second kappa shape index (κ2) is 3.96. The van der Waals surface area contributed by atoms with Crippen molar-refractivity contribution < 1.29 is 19.8 Å². The van der Waals surface area contributed by atoms with Crippen LogP contribution in [0.1, 0.15) is 26.7 Å². The molecule has 0 aromatic heterocycles. The van der Waals surface area contributed by atoms with Gasteiger partial charge in [0.15, 0.2) is 0 Å². The minimum Gasteiger partial charge on any atom is -0.479 e. The molecular weight excluding hydrogens is 200 g/mol. The molecule has 0 aliphatic carbocycles. The summed E-state index contributed by atoms with van der Waals surface area (Å²) in [5, 5.41) is 25.3. The Hall–Kier alpha value is -1.46. The number of carboxylic acid groups (broad SMARTS) is 2. The molecule has 0 aromatic carbocycles. The Morgan fingerprint density at radius 3 is 2.07 bits per heavy atom. The van der Waals surface area contributed by atoms with Gasteiger partial charge in [0.2, 0.25) is 0 Å². The van der Waals surface area contributed by atoms with Crippen LogP contribution in [0, 0.1) is 5.92 Å². The molecule has 0 amide bonds. The highest BCUT2D eigenvalue weighted by atomic mass is 16.4. The van der Waals surface area contributed by atoms with Crippen LogP contribution in [0.2, 0.25) is 0 Å². The van der Waals surface area contributed by atoms with E-state index < -0.39 is 23.4 Å². The van der Waals surface area contributed by atoms with Gasteiger partial charge in [-0.1, -0.05) is 13.8 Å². The van der Waals surface area contributed by atoms with E-state index in [9.17, 15) is 9.59 Å². The fourth-order valence-corrected chi connectivity index (χ4v) is 2.03. The predicted molar refractivity (Wildman–Crippen MR) is 50.7 cm³/mol. The maximum atomic E-state index is 11.1. The number of hydrogen-bond donors (Lipinski definition) is 2. The van der Waals surface area contributed by atoms with Gasteiger partial charge >= 0.3 is 11.9 Å². The van der Waals surface area contributed by atoms with Crippen molar-refractivity contribution in [2.45, 2.75) is 38.3 Å². The fourth-order valence-electron chi connectivity index (χ4n) is 2.03. The third kappa shape index (κ3) is 1.49. The van der Waals surface area contributed by atoms with Crippen molar-refractivity contribution in [3.05, 3.63) is 0 Å². The Kier molecular flexibility index (Phi) is 3.06. The number of nitrogens with zero attached hydrogens (tertiary/aromatic N) is 2. The third-order valence-electron chi connectivity index (χ3n) is 2.88. The molecule has 1 aliphatic heterocycles. The predicted octanol–water partition coefficient (Wildman–Crippen LogP) is 1.17. The van der Waals surface area contributed by atoms with Gasteiger partial charge in [-0.25, -0.2) is 9.59 Å². The van der Waals surface area contributed by atoms with Crippen molar-refractivity contribution >= 4 is 11.9 Å². The normalized spacial score (nSPS) is 27.9. The summed E-state index contributed by atoms with van der Waals surface area (Å²) in [5.41, 5.74) is -2.07. The standard InChI is InChI=1S/C9H14N2O4/c1-3-5-6(4-2)10-11-9(5,7(12)13)8(14)15/h5-6H,3-4H2,1-2H3,(H,12,13)(H,14,15). The molecule has 0 aromatic rings. The Balaban J connectivity index is 3.15. The van der Waals surface area contributed by atoms with E-state index in [4.69, 9.17) is 10.2 Å². The summed E-state index contributed by atoms with van der Waals surface area (Å²) in [7, 11) is 0. The van der Waals surface area contributed by atoms with Crippen LogP contribution >= 0.6 is 0 Å². The molecule has 2 unspecified atom stereocenters. The first-order valence-electron chi connectivity index (χ1n) is 4.89. The van der Waals surface area contributed by atoms with Crippen LogP contribution in [0.5, 0.6) is 0 Å². The van der Waals surface area contributed by atoms with Crippen LogP contribution < -0.4 is 0 Å². The topological polar surface area (TPSA) is 99.3 Å². The molecule has 2 atom stereocenters. The van der Waals surface area contributed by atoms with Crippen molar-refractivity contribution in [3.8, 4) is 0 Å². The summed E-state index contributed by atoms with van der Waals surface area (Å²) < 4.78 is 0. The molecule has 6 heteroatoms. The van der Waals surface area contributed by atoms with E-state index in [0.29, 0.717) is 12.8 Å². The maximum absolute atomic E-state index is 11.1. The van der Waals surface area contributed by atoms with Crippen LogP contribution in [0.3, 0.4) is 0 Å². The summed E-state index contributed by atoms with van der Waals surface area (Å²) >= 11 is 0. The van der Waals surface area contributed by atoms with E-state index in [2.05, 4.69) is 10.2 Å². The Morgan fingerprint density at radius 2 is 1.73 bits per heavy atom. The minimum absolute atomic E-state index is 0.304. The maximum Gasteiger partial charge on any atom is 0.345 e. The van der Waals surface area contributed by atoms with Crippen LogP contribution in [0.25, 0.3) is 0 Å². The number of azo groups is 1. The van der Waals surface area contributed by atoms with Crippen molar-refractivity contribution in [1.29, 1.82) is 0 Å². The van der Waals surface area contributed by atoms with Gasteiger partial charge in [-0.2, -0.15) is 10.2 Å². The molecule has 0 radical (unpaired) electrons. The number of hydrogen-bond acceptors (Lipinski definition) is 4. The molecule has 0 fully saturated rings. The second-order valence-electron chi connectivity index (χ2n) is 3.58. The van der Waals surface area contributed by atoms with Gasteiger partial charge in [0, 0.05) is 5.92 Å². The summed E-state index contributed by atoms with van der Waals surface area (Å²) in [6.07, 6.45) is 1.04. The van der Waals surface area contributed by atoms with E-state index in [0.717, 1.165) is 0 Å². The average Bonchev–Trinajstić information content (AvgIpc) is 2.56. The molecule has 84 valence electrons. The fraction of sp³-hybridized carbons (Fsp3) is 0.778. The Labute approximate surface area is 87.0 Å². The molecule has 15 heavy (non-hydrogen) atoms. The highest BCUT2D eigenvalue weighted by Crippen LogP contribution is 2.38. The zero-order valence-corrected chi connectivity index (χ0v) is 8.67. The largest absolute Gasteiger partial charge is 0.479 e. The number of carbonyl (C=O) groups is 2. The van der Waals surface area contributed by atoms with Crippen LogP contribution in [0.4, 0.5) is 0 Å². The van der Waals surface area contributed by atoms with E-state index in [1.54, 1.807) is 6.92 Å². The third-order valence-corrected chi connectivity index (χ3v) is 2.88. The second-order valence-corrected chi connectivity index (χ2v) is 3.58. The molecule has 0 bridgehead atoms. The lowest BCUT2D eigenvalue weighted by atomic mass is 9.78. The summed E-state index contributed by atoms with van der Waals surface area (Å²) in [5.74, 6) is -3.42. The minimum atomic E-state index is -2.07. The van der Waals surface area contributed by atoms with Gasteiger partial charge in [-0.15, -0.1) is 0 Å². The van der Waals surface area contributed by atoms with E-state index in [1.807, 2.05) is 6.92 Å². The quantitative estimate of drug-likeness (QED) is 0.686. The summed E-state index contributed by atoms with van der Waals surface area (Å²) in [4.78, 5) is 22.1. The molecule has 6 nitrogen and oxygen atoms in total. The average molecular weight is 214 g/mol. The zero-order chi connectivity index (χ0) is 11.6. The van der Waals surface area contributed by atoms with Crippen molar-refractivity contribution in [3.63, 3.8) is 0 Å². The highest BCUT2D eigenvalue weighted by molar-refractivity contribution is 6.04. The molecule has 0 saturated heterocycles. The first-order valence-corrected chi connectivity index (χ1v) is 4.89. The lowest BCUT2D eigenvalue weighted by molar-refractivity contribution is -0.159. The van der Waals surface area contributed by atoms with Gasteiger partial charge in [-0.05, 0) is 12.8 Å². The Morgan fingerprint density at radius 1 is 1.20 bits per heavy atom. The van der Waals surface area contributed by atoms with E-state index in [1.165, 1.54) is 0 Å². The van der Waals surface area contributed by atoms with Crippen molar-refractivity contribution in [1.82, 2.24) is 0 Å². The first kappa shape index (κ1) is 11.6. The summed E-state index contributed by atoms with van der Waals surface area (Å²) in [6, 6.07) is -0.304. The molecular formula is C9H14N2O4. The number of aliphatic carboxylic acids is 2. The smallest absolute Gasteiger partial charge is 0.345 e. The van der Waals surface area contributed by atoms with Gasteiger partial charge in [-0.3, -0.25) is 0 Å². The number of rotatable bonds is 4. The van der Waals surface area contributed by atoms with Crippen LogP contribution in [0.15, 0.2) is 10.2 Å². The Bertz CT molecular complexity index is 299. The lowest BCUT2D eigenvalue weighted by Crippen LogP contribution is -2.51. The van der Waals surface area contributed by atoms with E-state index in [-0.39, 0.29) is 6.04 Å². The summed E-state index contributed by atoms with van der Waals surface area (Å²) in [6.45, 7) is 3.59. The number of carboxylic acids is 2. The molecule has 1 rings (SSSR count). The first-order chi connectivity index (χ1) is 7.00. The molecule has 2 N–H and O–H groups in total. The van der Waals surface area contributed by atoms with Gasteiger partial charge < -0.3 is 10.2 Å². The van der Waals surface area contributed by atoms with Crippen LogP contribution in [-0.2, 0) is 9.59 Å². The lowest BCUT2D eigenvalue weighted by Gasteiger charge is -2.24. The monoisotopic (exact) mass is 214 g/mol. The van der Waals surface area contributed by atoms with E-state index >= 15 is 0 Å². The van der Waals surface area contributed by atoms with Gasteiger partial charge in [0.25, 0.3) is 5.54 Å². The van der Waals surface area contributed by atoms with Crippen molar-refractivity contribution in [2.24, 2.45) is 16.1 Å². The van der Waals surface area contributed by atoms with Gasteiger partial charge in [0.1, 0.15) is 0 Å². The van der Waals surface area contributed by atoms with Gasteiger partial charge in [0.05, 0.1) is 6.04 Å². The molecule has 0 spiro atoms.